The highest BCUT2D eigenvalue weighted by Crippen LogP contribution is 2.29. The summed E-state index contributed by atoms with van der Waals surface area (Å²) < 4.78 is 5.40. The number of nitrogens with zero attached hydrogens (tertiary/aromatic N) is 1. The van der Waals surface area contributed by atoms with E-state index >= 15 is 0 Å². The first kappa shape index (κ1) is 18.4. The van der Waals surface area contributed by atoms with Crippen LogP contribution in [-0.2, 0) is 22.6 Å². The van der Waals surface area contributed by atoms with E-state index in [-0.39, 0.29) is 5.91 Å². The number of nitrogens with one attached hydrogen (secondary N) is 1. The number of carbonyl (C=O) groups is 1. The number of piperidine rings is 1. The van der Waals surface area contributed by atoms with Crippen LogP contribution in [0.2, 0.25) is 0 Å². The summed E-state index contributed by atoms with van der Waals surface area (Å²) in [6.45, 7) is 5.53. The Morgan fingerprint density at radius 3 is 2.48 bits per heavy atom. The molecule has 0 radical (unpaired) electrons. The van der Waals surface area contributed by atoms with Gasteiger partial charge in [-0.05, 0) is 49.9 Å². The summed E-state index contributed by atoms with van der Waals surface area (Å²) in [7, 11) is 0. The van der Waals surface area contributed by atoms with Gasteiger partial charge in [0.15, 0.2) is 0 Å². The molecular weight excluding hydrogens is 314 g/mol. The van der Waals surface area contributed by atoms with E-state index in [0.717, 1.165) is 6.54 Å². The number of likely N-dealkylation sites (tertiary alicyclic amines) is 1. The molecule has 5 nitrogen and oxygen atoms in total. The Bertz CT molecular complexity index is 564. The van der Waals surface area contributed by atoms with Gasteiger partial charge in [0.05, 0.1) is 5.41 Å². The number of amides is 1. The second kappa shape index (κ2) is 8.79. The monoisotopic (exact) mass is 345 g/mol. The molecule has 2 fully saturated rings. The third kappa shape index (κ3) is 4.60. The first-order valence-corrected chi connectivity index (χ1v) is 9.59. The second-order valence-corrected chi connectivity index (χ2v) is 7.39. The Kier molecular flexibility index (Phi) is 6.45. The molecule has 3 N–H and O–H groups in total. The van der Waals surface area contributed by atoms with Crippen molar-refractivity contribution in [2.75, 3.05) is 32.8 Å². The number of hydrogen-bond donors (Lipinski definition) is 2. The molecule has 0 saturated carbocycles. The predicted octanol–water partition coefficient (Wildman–Crippen LogP) is 2.04. The molecule has 1 amide bonds. The Labute approximate surface area is 150 Å². The Hall–Kier alpha value is -1.43. The molecule has 0 bridgehead atoms. The van der Waals surface area contributed by atoms with Gasteiger partial charge in [-0.2, -0.15) is 0 Å². The highest BCUT2D eigenvalue weighted by atomic mass is 16.5. The fraction of sp³-hybridized carbons (Fsp3) is 0.650. The lowest BCUT2D eigenvalue weighted by molar-refractivity contribution is -0.136. The minimum absolute atomic E-state index is 0.0751. The fourth-order valence-corrected chi connectivity index (χ4v) is 3.89. The van der Waals surface area contributed by atoms with Gasteiger partial charge < -0.3 is 15.8 Å². The number of rotatable bonds is 6. The second-order valence-electron chi connectivity index (χ2n) is 7.39. The lowest BCUT2D eigenvalue weighted by atomic mass is 9.79. The largest absolute Gasteiger partial charge is 0.381 e. The van der Waals surface area contributed by atoms with Crippen molar-refractivity contribution in [1.29, 1.82) is 0 Å². The number of carbonyl (C=O) groups excluding carboxylic acids is 1. The van der Waals surface area contributed by atoms with E-state index in [9.17, 15) is 4.79 Å². The van der Waals surface area contributed by atoms with Crippen molar-refractivity contribution >= 4 is 5.91 Å². The van der Waals surface area contributed by atoms with Gasteiger partial charge in [-0.25, -0.2) is 0 Å². The van der Waals surface area contributed by atoms with E-state index in [0.29, 0.717) is 39.1 Å². The van der Waals surface area contributed by atoms with Crippen molar-refractivity contribution in [3.63, 3.8) is 0 Å². The zero-order chi connectivity index (χ0) is 17.5. The Morgan fingerprint density at radius 2 is 1.80 bits per heavy atom. The summed E-state index contributed by atoms with van der Waals surface area (Å²) in [5.41, 5.74) is 8.01. The van der Waals surface area contributed by atoms with Crippen molar-refractivity contribution in [3.8, 4) is 0 Å². The van der Waals surface area contributed by atoms with Crippen molar-refractivity contribution in [1.82, 2.24) is 10.2 Å². The number of benzene rings is 1. The van der Waals surface area contributed by atoms with Gasteiger partial charge in [-0.15, -0.1) is 0 Å². The average Bonchev–Trinajstić information content (AvgIpc) is 2.68. The summed E-state index contributed by atoms with van der Waals surface area (Å²) in [5.74, 6) is 0.0751. The van der Waals surface area contributed by atoms with E-state index in [2.05, 4.69) is 28.4 Å². The summed E-state index contributed by atoms with van der Waals surface area (Å²) >= 11 is 0. The first-order valence-electron chi connectivity index (χ1n) is 9.59. The maximum atomic E-state index is 12.8. The number of nitrogens with two attached hydrogens (primary N) is 1. The smallest absolute Gasteiger partial charge is 0.227 e. The summed E-state index contributed by atoms with van der Waals surface area (Å²) in [6, 6.07) is 8.45. The molecule has 0 spiro atoms. The van der Waals surface area contributed by atoms with Gasteiger partial charge in [-0.3, -0.25) is 9.69 Å². The Balaban J connectivity index is 1.61. The maximum Gasteiger partial charge on any atom is 0.227 e. The van der Waals surface area contributed by atoms with Crippen LogP contribution in [-0.4, -0.2) is 43.7 Å². The van der Waals surface area contributed by atoms with Crippen molar-refractivity contribution in [2.45, 2.75) is 45.2 Å². The molecule has 3 rings (SSSR count). The van der Waals surface area contributed by atoms with Gasteiger partial charge in [0.25, 0.3) is 0 Å². The third-order valence-corrected chi connectivity index (χ3v) is 5.72. The third-order valence-electron chi connectivity index (χ3n) is 5.72. The highest BCUT2D eigenvalue weighted by molar-refractivity contribution is 5.83. The van der Waals surface area contributed by atoms with Crippen LogP contribution < -0.4 is 11.1 Å². The molecule has 138 valence electrons. The van der Waals surface area contributed by atoms with Crippen LogP contribution in [0.5, 0.6) is 0 Å². The van der Waals surface area contributed by atoms with Gasteiger partial charge in [0.1, 0.15) is 0 Å². The van der Waals surface area contributed by atoms with Crippen LogP contribution in [0.4, 0.5) is 0 Å². The predicted molar refractivity (Wildman–Crippen MR) is 99.0 cm³/mol. The average molecular weight is 345 g/mol. The molecule has 25 heavy (non-hydrogen) atoms. The molecule has 2 aliphatic rings. The zero-order valence-electron chi connectivity index (χ0n) is 15.1. The van der Waals surface area contributed by atoms with Crippen molar-refractivity contribution < 1.29 is 9.53 Å². The molecule has 0 aromatic heterocycles. The van der Waals surface area contributed by atoms with Crippen molar-refractivity contribution in [3.05, 3.63) is 35.4 Å². The fourth-order valence-electron chi connectivity index (χ4n) is 3.89. The van der Waals surface area contributed by atoms with Crippen LogP contribution >= 0.6 is 0 Å². The molecular formula is C20H31N3O2. The van der Waals surface area contributed by atoms with E-state index in [1.807, 2.05) is 6.07 Å². The van der Waals surface area contributed by atoms with E-state index in [1.165, 1.54) is 43.5 Å². The van der Waals surface area contributed by atoms with Gasteiger partial charge in [0.2, 0.25) is 5.91 Å². The maximum absolute atomic E-state index is 12.8. The van der Waals surface area contributed by atoms with Gasteiger partial charge >= 0.3 is 0 Å². The van der Waals surface area contributed by atoms with E-state index < -0.39 is 5.41 Å². The molecule has 1 aromatic rings. The summed E-state index contributed by atoms with van der Waals surface area (Å²) in [5, 5.41) is 3.15. The van der Waals surface area contributed by atoms with Crippen LogP contribution in [0.15, 0.2) is 24.3 Å². The molecule has 0 unspecified atom stereocenters. The Morgan fingerprint density at radius 1 is 1.12 bits per heavy atom. The number of ether oxygens (including phenoxy) is 1. The van der Waals surface area contributed by atoms with E-state index in [4.69, 9.17) is 10.5 Å². The normalized spacial score (nSPS) is 21.0. The topological polar surface area (TPSA) is 67.6 Å². The molecule has 2 heterocycles. The first-order chi connectivity index (χ1) is 12.2. The van der Waals surface area contributed by atoms with Gasteiger partial charge in [-0.1, -0.05) is 30.7 Å². The summed E-state index contributed by atoms with van der Waals surface area (Å²) in [6.07, 6.45) is 5.36. The van der Waals surface area contributed by atoms with Crippen LogP contribution in [0, 0.1) is 5.41 Å². The lowest BCUT2D eigenvalue weighted by Gasteiger charge is -2.34. The molecule has 5 heteroatoms. The molecule has 2 aliphatic heterocycles. The number of hydrogen-bond acceptors (Lipinski definition) is 4. The quantitative estimate of drug-likeness (QED) is 0.828. The van der Waals surface area contributed by atoms with Crippen LogP contribution in [0.3, 0.4) is 0 Å². The van der Waals surface area contributed by atoms with Crippen molar-refractivity contribution in [2.24, 2.45) is 11.1 Å². The lowest BCUT2D eigenvalue weighted by Crippen LogP contribution is -2.49. The molecule has 2 saturated heterocycles. The standard InChI is InChI=1S/C20H31N3O2/c21-16-20(8-12-25-13-9-20)19(24)22-14-17-6-2-3-7-18(17)15-23-10-4-1-5-11-23/h2-3,6-7H,1,4-5,8-16,21H2,(H,22,24). The van der Waals surface area contributed by atoms with Crippen LogP contribution in [0.1, 0.15) is 43.2 Å². The van der Waals surface area contributed by atoms with Crippen LogP contribution in [0.25, 0.3) is 0 Å². The highest BCUT2D eigenvalue weighted by Gasteiger charge is 2.38. The minimum atomic E-state index is -0.458. The van der Waals surface area contributed by atoms with E-state index in [1.54, 1.807) is 0 Å². The SMILES string of the molecule is NCC1(C(=O)NCc2ccccc2CN2CCCCC2)CCOCC1. The van der Waals surface area contributed by atoms with Gasteiger partial charge in [0, 0.05) is 32.8 Å². The zero-order valence-corrected chi connectivity index (χ0v) is 15.1. The minimum Gasteiger partial charge on any atom is -0.381 e. The molecule has 1 aromatic carbocycles. The molecule has 0 atom stereocenters. The summed E-state index contributed by atoms with van der Waals surface area (Å²) in [4.78, 5) is 15.3. The molecule has 0 aliphatic carbocycles.